The summed E-state index contributed by atoms with van der Waals surface area (Å²) in [6.45, 7) is 0. The molecule has 0 atom stereocenters. The Morgan fingerprint density at radius 3 is 2.07 bits per heavy atom. The largest absolute Gasteiger partial charge is 0.207 e. The Hall–Kier alpha value is -0.986. The third kappa shape index (κ3) is 2.74. The third-order valence-corrected chi connectivity index (χ3v) is 2.02. The number of hydrogen-bond donors (Lipinski definition) is 0. The van der Waals surface area contributed by atoms with E-state index in [4.69, 9.17) is 0 Å². The van der Waals surface area contributed by atoms with E-state index in [2.05, 4.69) is 0 Å². The summed E-state index contributed by atoms with van der Waals surface area (Å²) in [5.74, 6) is -1.08. The van der Waals surface area contributed by atoms with Crippen molar-refractivity contribution in [3.8, 4) is 11.1 Å². The van der Waals surface area contributed by atoms with Crippen LogP contribution in [0.15, 0.2) is 48.5 Å². The van der Waals surface area contributed by atoms with Crippen molar-refractivity contribution in [2.24, 2.45) is 0 Å². The van der Waals surface area contributed by atoms with Gasteiger partial charge < -0.3 is 0 Å². The molecule has 0 saturated carbocycles. The van der Waals surface area contributed by atoms with Crippen molar-refractivity contribution in [2.75, 3.05) is 0 Å². The molecule has 0 aliphatic rings. The van der Waals surface area contributed by atoms with Crippen molar-refractivity contribution in [2.45, 2.75) is 0 Å². The van der Waals surface area contributed by atoms with Gasteiger partial charge in [-0.15, -0.1) is 0 Å². The zero-order chi connectivity index (χ0) is 9.97. The minimum atomic E-state index is -0.554. The summed E-state index contributed by atoms with van der Waals surface area (Å²) in [6, 6.07) is 12.7. The molecular formula is C12H8F2Ti. The molecule has 0 amide bonds. The van der Waals surface area contributed by atoms with Crippen LogP contribution in [0.2, 0.25) is 0 Å². The SMILES string of the molecule is Fc1ccc(-c2ccccc2)c(F)c1.[Ti]. The number of benzene rings is 2. The van der Waals surface area contributed by atoms with Crippen LogP contribution in [0.25, 0.3) is 11.1 Å². The fraction of sp³-hybridized carbons (Fsp3) is 0. The van der Waals surface area contributed by atoms with Crippen LogP contribution in [-0.4, -0.2) is 0 Å². The first kappa shape index (κ1) is 12.1. The summed E-state index contributed by atoms with van der Waals surface area (Å²) in [7, 11) is 0. The average Bonchev–Trinajstić information content (AvgIpc) is 2.19. The molecule has 0 fully saturated rings. The smallest absolute Gasteiger partial charge is 0.133 e. The van der Waals surface area contributed by atoms with E-state index < -0.39 is 11.6 Å². The quantitative estimate of drug-likeness (QED) is 0.665. The van der Waals surface area contributed by atoms with E-state index in [9.17, 15) is 8.78 Å². The summed E-state index contributed by atoms with van der Waals surface area (Å²) in [4.78, 5) is 0. The molecule has 15 heavy (non-hydrogen) atoms. The van der Waals surface area contributed by atoms with Gasteiger partial charge in [-0.3, -0.25) is 0 Å². The molecule has 0 spiro atoms. The molecule has 0 unspecified atom stereocenters. The van der Waals surface area contributed by atoms with Crippen molar-refractivity contribution < 1.29 is 30.5 Å². The van der Waals surface area contributed by atoms with Gasteiger partial charge in [0.1, 0.15) is 11.6 Å². The van der Waals surface area contributed by atoms with Crippen LogP contribution in [0.3, 0.4) is 0 Å². The Balaban J connectivity index is 0.00000112. The maximum atomic E-state index is 13.3. The Bertz CT molecular complexity index is 441. The fourth-order valence-corrected chi connectivity index (χ4v) is 1.34. The predicted octanol–water partition coefficient (Wildman–Crippen LogP) is 3.63. The second kappa shape index (κ2) is 5.20. The van der Waals surface area contributed by atoms with Crippen molar-refractivity contribution in [3.05, 3.63) is 60.2 Å². The number of hydrogen-bond acceptors (Lipinski definition) is 0. The molecule has 0 radical (unpaired) electrons. The van der Waals surface area contributed by atoms with Gasteiger partial charge in [-0.1, -0.05) is 30.3 Å². The molecule has 0 aromatic heterocycles. The van der Waals surface area contributed by atoms with Crippen molar-refractivity contribution in [1.82, 2.24) is 0 Å². The summed E-state index contributed by atoms with van der Waals surface area (Å²) in [5.41, 5.74) is 1.18. The van der Waals surface area contributed by atoms with Crippen LogP contribution in [0.4, 0.5) is 8.78 Å². The molecule has 2 aromatic rings. The van der Waals surface area contributed by atoms with Gasteiger partial charge in [-0.2, -0.15) is 0 Å². The minimum absolute atomic E-state index is 0. The first-order chi connectivity index (χ1) is 6.77. The van der Waals surface area contributed by atoms with Crippen LogP contribution in [-0.2, 0) is 21.7 Å². The van der Waals surface area contributed by atoms with Crippen molar-refractivity contribution in [3.63, 3.8) is 0 Å². The molecule has 0 saturated heterocycles. The van der Waals surface area contributed by atoms with Crippen LogP contribution in [0.5, 0.6) is 0 Å². The maximum absolute atomic E-state index is 13.3. The van der Waals surface area contributed by atoms with Crippen LogP contribution in [0, 0.1) is 11.6 Å². The van der Waals surface area contributed by atoms with Gasteiger partial charge >= 0.3 is 0 Å². The molecule has 0 aliphatic heterocycles. The topological polar surface area (TPSA) is 0 Å². The van der Waals surface area contributed by atoms with E-state index in [0.717, 1.165) is 11.6 Å². The Labute approximate surface area is 102 Å². The number of halogens is 2. The van der Waals surface area contributed by atoms with Crippen molar-refractivity contribution in [1.29, 1.82) is 0 Å². The van der Waals surface area contributed by atoms with Crippen LogP contribution < -0.4 is 0 Å². The van der Waals surface area contributed by atoms with E-state index in [-0.39, 0.29) is 21.7 Å². The molecule has 3 heteroatoms. The molecule has 74 valence electrons. The second-order valence-corrected chi connectivity index (χ2v) is 2.99. The summed E-state index contributed by atoms with van der Waals surface area (Å²) in [6.07, 6.45) is 0. The van der Waals surface area contributed by atoms with Crippen molar-refractivity contribution >= 4 is 0 Å². The van der Waals surface area contributed by atoms with Crippen LogP contribution in [0.1, 0.15) is 0 Å². The average molecular weight is 238 g/mol. The molecule has 2 aromatic carbocycles. The zero-order valence-corrected chi connectivity index (χ0v) is 9.44. The van der Waals surface area contributed by atoms with E-state index >= 15 is 0 Å². The molecule has 0 heterocycles. The van der Waals surface area contributed by atoms with E-state index in [0.29, 0.717) is 5.56 Å². The molecule has 0 aliphatic carbocycles. The molecule has 2 rings (SSSR count). The maximum Gasteiger partial charge on any atom is 0.133 e. The third-order valence-electron chi connectivity index (χ3n) is 2.02. The summed E-state index contributed by atoms with van der Waals surface area (Å²) >= 11 is 0. The van der Waals surface area contributed by atoms with Gasteiger partial charge in [0.05, 0.1) is 0 Å². The Kier molecular flexibility index (Phi) is 4.19. The van der Waals surface area contributed by atoms with Crippen LogP contribution >= 0.6 is 0 Å². The molecular weight excluding hydrogens is 230 g/mol. The van der Waals surface area contributed by atoms with Gasteiger partial charge in [0.25, 0.3) is 0 Å². The summed E-state index contributed by atoms with van der Waals surface area (Å²) in [5, 5.41) is 0. The van der Waals surface area contributed by atoms with Gasteiger partial charge in [0.2, 0.25) is 0 Å². The zero-order valence-electron chi connectivity index (χ0n) is 7.87. The molecule has 0 N–H and O–H groups in total. The standard InChI is InChI=1S/C12H8F2.Ti/c13-10-6-7-11(12(14)8-10)9-4-2-1-3-5-9;/h1-8H;. The summed E-state index contributed by atoms with van der Waals surface area (Å²) < 4.78 is 25.9. The van der Waals surface area contributed by atoms with Gasteiger partial charge in [0.15, 0.2) is 0 Å². The second-order valence-electron chi connectivity index (χ2n) is 2.99. The van der Waals surface area contributed by atoms with Gasteiger partial charge in [0, 0.05) is 33.3 Å². The van der Waals surface area contributed by atoms with Gasteiger partial charge in [-0.05, 0) is 17.7 Å². The monoisotopic (exact) mass is 238 g/mol. The Morgan fingerprint density at radius 1 is 0.800 bits per heavy atom. The molecule has 0 bridgehead atoms. The minimum Gasteiger partial charge on any atom is -0.207 e. The van der Waals surface area contributed by atoms with E-state index in [1.807, 2.05) is 18.2 Å². The molecule has 0 nitrogen and oxygen atoms in total. The first-order valence-electron chi connectivity index (χ1n) is 4.28. The van der Waals surface area contributed by atoms with Gasteiger partial charge in [-0.25, -0.2) is 8.78 Å². The predicted molar refractivity (Wildman–Crippen MR) is 51.8 cm³/mol. The Morgan fingerprint density at radius 2 is 1.47 bits per heavy atom. The van der Waals surface area contributed by atoms with E-state index in [1.54, 1.807) is 12.1 Å². The number of rotatable bonds is 1. The fourth-order valence-electron chi connectivity index (χ4n) is 1.34. The van der Waals surface area contributed by atoms with E-state index in [1.165, 1.54) is 12.1 Å². The normalized spacial score (nSPS) is 9.47. The first-order valence-corrected chi connectivity index (χ1v) is 4.28.